The average Bonchev–Trinajstić information content (AvgIpc) is 2.34. The zero-order valence-corrected chi connectivity index (χ0v) is 11.2. The van der Waals surface area contributed by atoms with E-state index in [9.17, 15) is 4.79 Å². The van der Waals surface area contributed by atoms with Crippen molar-refractivity contribution in [2.45, 2.75) is 31.4 Å². The fourth-order valence-electron chi connectivity index (χ4n) is 2.26. The largest absolute Gasteiger partial charge is 0.380 e. The van der Waals surface area contributed by atoms with Crippen molar-refractivity contribution in [1.29, 1.82) is 0 Å². The Morgan fingerprint density at radius 3 is 2.88 bits per heavy atom. The van der Waals surface area contributed by atoms with Gasteiger partial charge in [0, 0.05) is 33.3 Å². The number of hydrogen-bond acceptors (Lipinski definition) is 4. The molecular formula is C12H25N3O2. The summed E-state index contributed by atoms with van der Waals surface area (Å²) in [6, 6.07) is 0.330. The Kier molecular flexibility index (Phi) is 5.88. The van der Waals surface area contributed by atoms with Gasteiger partial charge in [-0.15, -0.1) is 0 Å². The molecule has 0 bridgehead atoms. The summed E-state index contributed by atoms with van der Waals surface area (Å²) in [6.45, 7) is 2.48. The number of rotatable bonds is 5. The number of nitrogens with zero attached hydrogens (tertiary/aromatic N) is 2. The Morgan fingerprint density at radius 2 is 2.35 bits per heavy atom. The van der Waals surface area contributed by atoms with E-state index in [0.29, 0.717) is 19.0 Å². The number of carbonyl (C=O) groups excluding carboxylic acids is 1. The molecule has 17 heavy (non-hydrogen) atoms. The molecule has 2 unspecified atom stereocenters. The van der Waals surface area contributed by atoms with E-state index in [4.69, 9.17) is 10.5 Å². The lowest BCUT2D eigenvalue weighted by atomic mass is 10.0. The molecule has 0 aliphatic carbocycles. The fraction of sp³-hybridized carbons (Fsp3) is 0.917. The molecule has 5 heteroatoms. The van der Waals surface area contributed by atoms with Crippen molar-refractivity contribution >= 4 is 5.91 Å². The van der Waals surface area contributed by atoms with Gasteiger partial charge in [-0.05, 0) is 26.4 Å². The van der Waals surface area contributed by atoms with Crippen molar-refractivity contribution in [2.24, 2.45) is 5.73 Å². The van der Waals surface area contributed by atoms with Crippen LogP contribution in [-0.4, -0.2) is 68.7 Å². The highest BCUT2D eigenvalue weighted by atomic mass is 16.5. The summed E-state index contributed by atoms with van der Waals surface area (Å²) in [7, 11) is 5.58. The second kappa shape index (κ2) is 6.93. The van der Waals surface area contributed by atoms with Gasteiger partial charge < -0.3 is 20.3 Å². The Balaban J connectivity index is 2.45. The third kappa shape index (κ3) is 4.26. The van der Waals surface area contributed by atoms with Crippen LogP contribution in [-0.2, 0) is 9.53 Å². The third-order valence-corrected chi connectivity index (χ3v) is 3.54. The van der Waals surface area contributed by atoms with Crippen LogP contribution >= 0.6 is 0 Å². The predicted octanol–water partition coefficient (Wildman–Crippen LogP) is -0.0972. The highest BCUT2D eigenvalue weighted by Crippen LogP contribution is 2.14. The van der Waals surface area contributed by atoms with Crippen molar-refractivity contribution in [2.75, 3.05) is 40.8 Å². The second-order valence-corrected chi connectivity index (χ2v) is 4.86. The molecule has 0 radical (unpaired) electrons. The van der Waals surface area contributed by atoms with E-state index in [-0.39, 0.29) is 12.0 Å². The van der Waals surface area contributed by atoms with Gasteiger partial charge in [0.1, 0.15) is 0 Å². The molecule has 1 amide bonds. The number of likely N-dealkylation sites (tertiary alicyclic amines) is 1. The van der Waals surface area contributed by atoms with Gasteiger partial charge in [0.25, 0.3) is 0 Å². The molecule has 0 aromatic heterocycles. The fourth-order valence-corrected chi connectivity index (χ4v) is 2.26. The predicted molar refractivity (Wildman–Crippen MR) is 67.8 cm³/mol. The van der Waals surface area contributed by atoms with Gasteiger partial charge in [0.05, 0.1) is 12.5 Å². The molecule has 1 heterocycles. The van der Waals surface area contributed by atoms with Crippen molar-refractivity contribution < 1.29 is 9.53 Å². The van der Waals surface area contributed by atoms with Crippen LogP contribution in [0.5, 0.6) is 0 Å². The van der Waals surface area contributed by atoms with Crippen molar-refractivity contribution in [3.63, 3.8) is 0 Å². The molecule has 1 saturated heterocycles. The average molecular weight is 243 g/mol. The van der Waals surface area contributed by atoms with E-state index in [2.05, 4.69) is 11.9 Å². The Morgan fingerprint density at radius 1 is 1.65 bits per heavy atom. The molecule has 0 aromatic rings. The molecule has 1 aliphatic rings. The summed E-state index contributed by atoms with van der Waals surface area (Å²) in [5, 5.41) is 0. The minimum Gasteiger partial charge on any atom is -0.380 e. The lowest BCUT2D eigenvalue weighted by Gasteiger charge is -2.36. The quantitative estimate of drug-likeness (QED) is 0.733. The third-order valence-electron chi connectivity index (χ3n) is 3.54. The molecule has 100 valence electrons. The summed E-state index contributed by atoms with van der Waals surface area (Å²) in [5.41, 5.74) is 5.53. The van der Waals surface area contributed by atoms with Gasteiger partial charge in [-0.3, -0.25) is 4.79 Å². The number of hydrogen-bond donors (Lipinski definition) is 1. The van der Waals surface area contributed by atoms with Crippen molar-refractivity contribution in [3.8, 4) is 0 Å². The Hall–Kier alpha value is -0.650. The lowest BCUT2D eigenvalue weighted by molar-refractivity contribution is -0.135. The standard InChI is InChI=1S/C12H25N3O2/c1-14-6-4-5-10(9-14)15(2)12(16)7-11(8-13)17-3/h10-11H,4-9,13H2,1-3H3. The summed E-state index contributed by atoms with van der Waals surface area (Å²) < 4.78 is 5.15. The Labute approximate surface area is 104 Å². The van der Waals surface area contributed by atoms with Crippen molar-refractivity contribution in [1.82, 2.24) is 9.80 Å². The van der Waals surface area contributed by atoms with E-state index in [1.54, 1.807) is 7.11 Å². The first-order valence-electron chi connectivity index (χ1n) is 6.25. The summed E-state index contributed by atoms with van der Waals surface area (Å²) in [4.78, 5) is 16.2. The summed E-state index contributed by atoms with van der Waals surface area (Å²) in [5.74, 6) is 0.127. The molecule has 1 fully saturated rings. The molecule has 0 spiro atoms. The SMILES string of the molecule is COC(CN)CC(=O)N(C)C1CCCN(C)C1. The molecule has 2 atom stereocenters. The number of ether oxygens (including phenoxy) is 1. The van der Waals surface area contributed by atoms with Gasteiger partial charge >= 0.3 is 0 Å². The first kappa shape index (κ1) is 14.4. The minimum absolute atomic E-state index is 0.127. The number of methoxy groups -OCH3 is 1. The molecule has 0 aromatic carbocycles. The van der Waals surface area contributed by atoms with Crippen LogP contribution in [0.25, 0.3) is 0 Å². The van der Waals surface area contributed by atoms with Crippen LogP contribution in [0.2, 0.25) is 0 Å². The van der Waals surface area contributed by atoms with Crippen LogP contribution < -0.4 is 5.73 Å². The van der Waals surface area contributed by atoms with Crippen LogP contribution in [0.4, 0.5) is 0 Å². The minimum atomic E-state index is -0.161. The van der Waals surface area contributed by atoms with E-state index in [1.807, 2.05) is 11.9 Å². The van der Waals surface area contributed by atoms with E-state index < -0.39 is 0 Å². The van der Waals surface area contributed by atoms with Crippen LogP contribution in [0.15, 0.2) is 0 Å². The Bertz CT molecular complexity index is 244. The van der Waals surface area contributed by atoms with E-state index >= 15 is 0 Å². The van der Waals surface area contributed by atoms with Gasteiger partial charge in [-0.1, -0.05) is 0 Å². The van der Waals surface area contributed by atoms with Gasteiger partial charge in [-0.25, -0.2) is 0 Å². The highest BCUT2D eigenvalue weighted by Gasteiger charge is 2.25. The van der Waals surface area contributed by atoms with Crippen LogP contribution in [0, 0.1) is 0 Å². The number of likely N-dealkylation sites (N-methyl/N-ethyl adjacent to an activating group) is 2. The summed E-state index contributed by atoms with van der Waals surface area (Å²) >= 11 is 0. The zero-order chi connectivity index (χ0) is 12.8. The monoisotopic (exact) mass is 243 g/mol. The maximum Gasteiger partial charge on any atom is 0.225 e. The molecule has 0 saturated carbocycles. The normalized spacial score (nSPS) is 23.4. The topological polar surface area (TPSA) is 58.8 Å². The smallest absolute Gasteiger partial charge is 0.225 e. The first-order valence-corrected chi connectivity index (χ1v) is 6.25. The van der Waals surface area contributed by atoms with Gasteiger partial charge in [0.2, 0.25) is 5.91 Å². The zero-order valence-electron chi connectivity index (χ0n) is 11.2. The number of piperidine rings is 1. The lowest BCUT2D eigenvalue weighted by Crippen LogP contribution is -2.48. The maximum atomic E-state index is 12.0. The summed E-state index contributed by atoms with van der Waals surface area (Å²) in [6.07, 6.45) is 2.46. The van der Waals surface area contributed by atoms with Crippen LogP contribution in [0.1, 0.15) is 19.3 Å². The highest BCUT2D eigenvalue weighted by molar-refractivity contribution is 5.76. The molecule has 1 aliphatic heterocycles. The maximum absolute atomic E-state index is 12.0. The van der Waals surface area contributed by atoms with Gasteiger partial charge in [-0.2, -0.15) is 0 Å². The number of carbonyl (C=O) groups is 1. The molecule has 2 N–H and O–H groups in total. The van der Waals surface area contributed by atoms with Crippen LogP contribution in [0.3, 0.4) is 0 Å². The molecule has 5 nitrogen and oxygen atoms in total. The van der Waals surface area contributed by atoms with Gasteiger partial charge in [0.15, 0.2) is 0 Å². The number of nitrogens with two attached hydrogens (primary N) is 1. The van der Waals surface area contributed by atoms with Crippen molar-refractivity contribution in [3.05, 3.63) is 0 Å². The first-order chi connectivity index (χ1) is 8.08. The van der Waals surface area contributed by atoms with E-state index in [0.717, 1.165) is 25.9 Å². The molecular weight excluding hydrogens is 218 g/mol. The van der Waals surface area contributed by atoms with E-state index in [1.165, 1.54) is 0 Å². The molecule has 1 rings (SSSR count). The second-order valence-electron chi connectivity index (χ2n) is 4.86. The number of amides is 1.